The van der Waals surface area contributed by atoms with Crippen molar-refractivity contribution in [3.8, 4) is 11.3 Å². The van der Waals surface area contributed by atoms with Crippen LogP contribution in [0.3, 0.4) is 0 Å². The Hall–Kier alpha value is -2.93. The molecule has 1 atom stereocenters. The van der Waals surface area contributed by atoms with E-state index in [1.54, 1.807) is 35.7 Å². The van der Waals surface area contributed by atoms with E-state index >= 15 is 0 Å². The van der Waals surface area contributed by atoms with E-state index in [4.69, 9.17) is 27.9 Å². The lowest BCUT2D eigenvalue weighted by molar-refractivity contribution is -0.142. The minimum Gasteiger partial charge on any atom is -0.480 e. The highest BCUT2D eigenvalue weighted by molar-refractivity contribution is 7.10. The lowest BCUT2D eigenvalue weighted by Crippen LogP contribution is -2.37. The Kier molecular flexibility index (Phi) is 6.20. The first-order valence-corrected chi connectivity index (χ1v) is 11.2. The Morgan fingerprint density at radius 3 is 2.50 bits per heavy atom. The number of esters is 1. The average molecular weight is 486 g/mol. The van der Waals surface area contributed by atoms with E-state index in [9.17, 15) is 14.7 Å². The molecular formula is C24H17Cl2NO4S. The summed E-state index contributed by atoms with van der Waals surface area (Å²) in [7, 11) is 1.28. The van der Waals surface area contributed by atoms with E-state index in [1.165, 1.54) is 18.4 Å². The van der Waals surface area contributed by atoms with Crippen LogP contribution < -0.4 is 0 Å². The first-order valence-electron chi connectivity index (χ1n) is 9.56. The zero-order valence-corrected chi connectivity index (χ0v) is 19.2. The zero-order valence-electron chi connectivity index (χ0n) is 16.8. The first-order chi connectivity index (χ1) is 15.4. The third kappa shape index (κ3) is 3.97. The highest BCUT2D eigenvalue weighted by Gasteiger charge is 2.45. The van der Waals surface area contributed by atoms with Crippen LogP contribution in [0.5, 0.6) is 0 Å². The molecule has 1 heterocycles. The maximum Gasteiger partial charge on any atom is 0.334 e. The third-order valence-electron chi connectivity index (χ3n) is 5.31. The van der Waals surface area contributed by atoms with E-state index in [0.717, 1.165) is 11.1 Å². The Labute approximate surface area is 198 Å². The number of hydrogen-bond acceptors (Lipinski definition) is 5. The van der Waals surface area contributed by atoms with Gasteiger partial charge in [0.05, 0.1) is 22.8 Å². The van der Waals surface area contributed by atoms with Crippen molar-refractivity contribution >= 4 is 52.1 Å². The summed E-state index contributed by atoms with van der Waals surface area (Å²) in [5.41, 5.74) is 1.52. The van der Waals surface area contributed by atoms with Crippen molar-refractivity contribution in [2.24, 2.45) is 0 Å². The van der Waals surface area contributed by atoms with Crippen molar-refractivity contribution in [3.05, 3.63) is 92.3 Å². The van der Waals surface area contributed by atoms with Crippen LogP contribution in [0.4, 0.5) is 0 Å². The van der Waals surface area contributed by atoms with Gasteiger partial charge in [0.15, 0.2) is 0 Å². The molecule has 3 aromatic rings. The maximum absolute atomic E-state index is 12.6. The molecule has 0 radical (unpaired) electrons. The summed E-state index contributed by atoms with van der Waals surface area (Å²) in [6.45, 7) is 0. The maximum atomic E-state index is 12.6. The predicted octanol–water partition coefficient (Wildman–Crippen LogP) is 6.03. The monoisotopic (exact) mass is 485 g/mol. The van der Waals surface area contributed by atoms with Crippen LogP contribution in [0.2, 0.25) is 10.0 Å². The van der Waals surface area contributed by atoms with Gasteiger partial charge in [0, 0.05) is 22.9 Å². The van der Waals surface area contributed by atoms with Crippen molar-refractivity contribution in [3.63, 3.8) is 0 Å². The largest absolute Gasteiger partial charge is 0.480 e. The van der Waals surface area contributed by atoms with E-state index in [2.05, 4.69) is 4.98 Å². The highest BCUT2D eigenvalue weighted by atomic mass is 35.5. The average Bonchev–Trinajstić information content (AvgIpc) is 3.31. The normalized spacial score (nSPS) is 18.0. The van der Waals surface area contributed by atoms with Gasteiger partial charge < -0.3 is 9.84 Å². The number of ether oxygens (including phenoxy) is 1. The summed E-state index contributed by atoms with van der Waals surface area (Å²) < 4.78 is 4.98. The van der Waals surface area contributed by atoms with E-state index in [-0.39, 0.29) is 12.0 Å². The summed E-state index contributed by atoms with van der Waals surface area (Å²) in [6, 6.07) is 14.4. The van der Waals surface area contributed by atoms with Crippen LogP contribution in [0.25, 0.3) is 16.8 Å². The fourth-order valence-corrected chi connectivity index (χ4v) is 4.90. The lowest BCUT2D eigenvalue weighted by Gasteiger charge is -2.29. The van der Waals surface area contributed by atoms with Gasteiger partial charge in [-0.2, -0.15) is 0 Å². The van der Waals surface area contributed by atoms with Gasteiger partial charge >= 0.3 is 11.9 Å². The first kappa shape index (κ1) is 22.3. The molecule has 1 aliphatic rings. The van der Waals surface area contributed by atoms with E-state index in [0.29, 0.717) is 26.3 Å². The number of rotatable bonds is 5. The number of nitrogens with zero attached hydrogens (tertiary/aromatic N) is 1. The van der Waals surface area contributed by atoms with Crippen molar-refractivity contribution < 1.29 is 19.4 Å². The van der Waals surface area contributed by atoms with Gasteiger partial charge in [-0.3, -0.25) is 4.79 Å². The van der Waals surface area contributed by atoms with Gasteiger partial charge in [-0.1, -0.05) is 71.8 Å². The highest BCUT2D eigenvalue weighted by Crippen LogP contribution is 2.43. The summed E-state index contributed by atoms with van der Waals surface area (Å²) in [5, 5.41) is 13.2. The number of thiazole rings is 1. The smallest absolute Gasteiger partial charge is 0.334 e. The van der Waals surface area contributed by atoms with Crippen LogP contribution in [0, 0.1) is 0 Å². The minimum absolute atomic E-state index is 0.0793. The molecule has 1 unspecified atom stereocenters. The Morgan fingerprint density at radius 2 is 1.84 bits per heavy atom. The molecule has 4 rings (SSSR count). The Balaban J connectivity index is 1.79. The van der Waals surface area contributed by atoms with Crippen LogP contribution in [0.15, 0.2) is 71.6 Å². The van der Waals surface area contributed by atoms with Gasteiger partial charge in [0.1, 0.15) is 10.4 Å². The number of aromatic nitrogens is 1. The van der Waals surface area contributed by atoms with Gasteiger partial charge in [0.2, 0.25) is 0 Å². The van der Waals surface area contributed by atoms with Crippen LogP contribution in [0.1, 0.15) is 17.0 Å². The topological polar surface area (TPSA) is 76.5 Å². The number of carboxylic acid groups (broad SMARTS) is 1. The molecule has 0 bridgehead atoms. The summed E-state index contributed by atoms with van der Waals surface area (Å²) in [5.74, 6) is -1.67. The summed E-state index contributed by atoms with van der Waals surface area (Å²) in [6.07, 6.45) is 3.19. The van der Waals surface area contributed by atoms with Crippen molar-refractivity contribution in [2.75, 3.05) is 7.11 Å². The Bertz CT molecular complexity index is 1270. The van der Waals surface area contributed by atoms with Crippen LogP contribution >= 0.6 is 34.5 Å². The molecule has 8 heteroatoms. The minimum atomic E-state index is -1.50. The molecular weight excluding hydrogens is 469 g/mol. The van der Waals surface area contributed by atoms with Gasteiger partial charge in [-0.25, -0.2) is 9.78 Å². The van der Waals surface area contributed by atoms with E-state index < -0.39 is 17.4 Å². The predicted molar refractivity (Wildman–Crippen MR) is 126 cm³/mol. The molecule has 162 valence electrons. The molecule has 0 saturated carbocycles. The Morgan fingerprint density at radius 1 is 1.09 bits per heavy atom. The molecule has 0 spiro atoms. The second-order valence-electron chi connectivity index (χ2n) is 7.20. The van der Waals surface area contributed by atoms with Gasteiger partial charge in [-0.15, -0.1) is 11.3 Å². The van der Waals surface area contributed by atoms with Gasteiger partial charge in [-0.05, 0) is 23.3 Å². The summed E-state index contributed by atoms with van der Waals surface area (Å²) in [4.78, 5) is 29.8. The fourth-order valence-electron chi connectivity index (χ4n) is 3.60. The molecule has 0 amide bonds. The number of halogens is 2. The van der Waals surface area contributed by atoms with Crippen molar-refractivity contribution in [1.29, 1.82) is 0 Å². The number of allylic oxidation sites excluding steroid dienone is 2. The molecule has 1 aromatic heterocycles. The molecule has 0 fully saturated rings. The molecule has 0 aliphatic heterocycles. The molecule has 1 N–H and O–H groups in total. The molecule has 0 saturated heterocycles. The van der Waals surface area contributed by atoms with E-state index in [1.807, 2.05) is 30.3 Å². The number of carboxylic acids is 1. The number of aliphatic carboxylic acids is 1. The molecule has 5 nitrogen and oxygen atoms in total. The lowest BCUT2D eigenvalue weighted by atomic mass is 9.75. The number of methoxy groups -OCH3 is 1. The fraction of sp³-hybridized carbons (Fsp3) is 0.125. The standard InChI is InChI=1S/C24H17Cl2NO4S/c1-31-21(28)17-12-24(23(29)30,10-9-16(17)14-5-3-2-4-6-14)22-27-20(13-32-22)15-7-8-18(25)19(26)11-15/h2-11,13H,12H2,1H3,(H,29,30). The zero-order chi connectivity index (χ0) is 22.9. The van der Waals surface area contributed by atoms with Crippen molar-refractivity contribution in [1.82, 2.24) is 4.98 Å². The second-order valence-corrected chi connectivity index (χ2v) is 8.88. The number of benzene rings is 2. The quantitative estimate of drug-likeness (QED) is 0.446. The summed E-state index contributed by atoms with van der Waals surface area (Å²) >= 11 is 13.3. The molecule has 1 aliphatic carbocycles. The van der Waals surface area contributed by atoms with Crippen LogP contribution in [-0.2, 0) is 19.7 Å². The van der Waals surface area contributed by atoms with Gasteiger partial charge in [0.25, 0.3) is 0 Å². The second kappa shape index (κ2) is 8.90. The SMILES string of the molecule is COC(=O)C1=C(c2ccccc2)C=CC(C(=O)O)(c2nc(-c3ccc(Cl)c(Cl)c3)cs2)C1. The van der Waals surface area contributed by atoms with Crippen molar-refractivity contribution in [2.45, 2.75) is 11.8 Å². The molecule has 32 heavy (non-hydrogen) atoms. The van der Waals surface area contributed by atoms with Crippen LogP contribution in [-0.4, -0.2) is 29.1 Å². The number of carbonyl (C=O) groups excluding carboxylic acids is 1. The molecule has 2 aromatic carbocycles. The number of carbonyl (C=O) groups is 2. The number of hydrogen-bond donors (Lipinski definition) is 1. The third-order valence-corrected chi connectivity index (χ3v) is 7.07.